The molecule has 0 aliphatic rings. The molecule has 0 bridgehead atoms. The molecule has 0 aromatic heterocycles. The van der Waals surface area contributed by atoms with E-state index in [9.17, 15) is 0 Å². The number of ether oxygens (including phenoxy) is 1. The van der Waals surface area contributed by atoms with E-state index in [0.29, 0.717) is 12.5 Å². The quantitative estimate of drug-likeness (QED) is 0.210. The van der Waals surface area contributed by atoms with Gasteiger partial charge in [-0.1, -0.05) is 109 Å². The third-order valence-corrected chi connectivity index (χ3v) is 10.5. The number of aryl methyl sites for hydroxylation is 1. The van der Waals surface area contributed by atoms with Gasteiger partial charge in [0, 0.05) is 10.7 Å². The summed E-state index contributed by atoms with van der Waals surface area (Å²) in [6.07, 6.45) is 5.76. The van der Waals surface area contributed by atoms with E-state index in [0.717, 1.165) is 35.8 Å². The summed E-state index contributed by atoms with van der Waals surface area (Å²) in [7, 11) is 1.67. The monoisotopic (exact) mass is 506 g/mol. The first kappa shape index (κ1) is 27.9. The minimum atomic E-state index is 0.0751. The predicted molar refractivity (Wildman–Crippen MR) is 160 cm³/mol. The van der Waals surface area contributed by atoms with Crippen molar-refractivity contribution in [2.24, 2.45) is 0 Å². The van der Waals surface area contributed by atoms with Crippen molar-refractivity contribution in [3.05, 3.63) is 94.5 Å². The third kappa shape index (κ3) is 6.76. The Morgan fingerprint density at radius 1 is 0.886 bits per heavy atom. The van der Waals surface area contributed by atoms with Gasteiger partial charge in [-0.15, -0.1) is 8.58 Å². The summed E-state index contributed by atoms with van der Waals surface area (Å²) in [5.74, 6) is 1.62. The summed E-state index contributed by atoms with van der Waals surface area (Å²) >= 11 is 0. The molecule has 3 heteroatoms. The maximum atomic E-state index is 6.78. The van der Waals surface area contributed by atoms with Crippen molar-refractivity contribution in [2.45, 2.75) is 84.1 Å². The standard InChI is InChI=1S/C32H44OP2/c1-7-15-24(4)28-20-14-21-29(30(28)33-22-26-17-11-10-12-18-26)32(8-2,9-3)35-31-25(5)16-13-19-27(31)23-34-6/h10-14,16-21,24,34-35H,7-9,15,22-23H2,1-6H3. The molecule has 0 amide bonds. The fourth-order valence-electron chi connectivity index (χ4n) is 5.16. The second kappa shape index (κ2) is 13.6. The molecule has 188 valence electrons. The maximum Gasteiger partial charge on any atom is 0.127 e. The van der Waals surface area contributed by atoms with Crippen LogP contribution >= 0.6 is 17.2 Å². The van der Waals surface area contributed by atoms with Gasteiger partial charge in [0.15, 0.2) is 0 Å². The van der Waals surface area contributed by atoms with Gasteiger partial charge >= 0.3 is 0 Å². The van der Waals surface area contributed by atoms with Gasteiger partial charge in [0.25, 0.3) is 0 Å². The highest BCUT2D eigenvalue weighted by Gasteiger charge is 2.34. The molecule has 0 saturated carbocycles. The Morgan fingerprint density at radius 2 is 1.60 bits per heavy atom. The minimum absolute atomic E-state index is 0.0751. The first-order valence-corrected chi connectivity index (χ1v) is 16.0. The summed E-state index contributed by atoms with van der Waals surface area (Å²) < 4.78 is 6.78. The van der Waals surface area contributed by atoms with E-state index < -0.39 is 0 Å². The Labute approximate surface area is 218 Å². The average molecular weight is 507 g/mol. The van der Waals surface area contributed by atoms with E-state index in [1.54, 1.807) is 5.30 Å². The van der Waals surface area contributed by atoms with Crippen LogP contribution in [-0.2, 0) is 17.9 Å². The molecule has 1 nitrogen and oxygen atoms in total. The molecule has 0 spiro atoms. The first-order chi connectivity index (χ1) is 17.0. The van der Waals surface area contributed by atoms with Crippen LogP contribution in [0.15, 0.2) is 66.7 Å². The molecule has 3 aromatic carbocycles. The average Bonchev–Trinajstić information content (AvgIpc) is 2.88. The lowest BCUT2D eigenvalue weighted by atomic mass is 9.86. The SMILES string of the molecule is CCCC(C)c1cccc(C(CC)(CC)Pc2c(C)cccc2CPC)c1OCc1ccccc1. The van der Waals surface area contributed by atoms with Crippen LogP contribution in [-0.4, -0.2) is 6.66 Å². The van der Waals surface area contributed by atoms with Gasteiger partial charge in [0.2, 0.25) is 0 Å². The summed E-state index contributed by atoms with van der Waals surface area (Å²) in [5.41, 5.74) is 6.98. The number of hydrogen-bond donors (Lipinski definition) is 0. The zero-order valence-corrected chi connectivity index (χ0v) is 24.6. The van der Waals surface area contributed by atoms with E-state index in [4.69, 9.17) is 4.74 Å². The molecule has 0 aliphatic carbocycles. The molecule has 3 rings (SSSR count). The van der Waals surface area contributed by atoms with Crippen LogP contribution in [0.5, 0.6) is 5.75 Å². The Hall–Kier alpha value is -1.68. The van der Waals surface area contributed by atoms with Gasteiger partial charge in [-0.05, 0) is 72.5 Å². The lowest BCUT2D eigenvalue weighted by Gasteiger charge is -2.36. The molecule has 0 radical (unpaired) electrons. The molecule has 0 fully saturated rings. The third-order valence-electron chi connectivity index (χ3n) is 7.34. The zero-order chi connectivity index (χ0) is 25.3. The van der Waals surface area contributed by atoms with Crippen molar-refractivity contribution in [1.82, 2.24) is 0 Å². The molecular weight excluding hydrogens is 462 g/mol. The van der Waals surface area contributed by atoms with Crippen molar-refractivity contribution < 1.29 is 4.74 Å². The van der Waals surface area contributed by atoms with Gasteiger partial charge < -0.3 is 4.74 Å². The molecule has 0 saturated heterocycles. The number of para-hydroxylation sites is 1. The zero-order valence-electron chi connectivity index (χ0n) is 22.6. The summed E-state index contributed by atoms with van der Waals surface area (Å²) in [6, 6.07) is 24.4. The minimum Gasteiger partial charge on any atom is -0.488 e. The van der Waals surface area contributed by atoms with Gasteiger partial charge in [-0.2, -0.15) is 0 Å². The lowest BCUT2D eigenvalue weighted by molar-refractivity contribution is 0.293. The van der Waals surface area contributed by atoms with E-state index in [1.807, 2.05) is 0 Å². The molecule has 0 heterocycles. The Kier molecular flexibility index (Phi) is 10.8. The van der Waals surface area contributed by atoms with E-state index in [1.165, 1.54) is 46.8 Å². The van der Waals surface area contributed by atoms with Gasteiger partial charge in [-0.25, -0.2) is 0 Å². The number of rotatable bonds is 13. The van der Waals surface area contributed by atoms with Crippen molar-refractivity contribution in [3.63, 3.8) is 0 Å². The molecule has 3 aromatic rings. The molecule has 35 heavy (non-hydrogen) atoms. The van der Waals surface area contributed by atoms with Gasteiger partial charge in [0.05, 0.1) is 0 Å². The van der Waals surface area contributed by atoms with Crippen molar-refractivity contribution in [3.8, 4) is 5.75 Å². The van der Waals surface area contributed by atoms with Crippen molar-refractivity contribution in [2.75, 3.05) is 6.66 Å². The number of hydrogen-bond acceptors (Lipinski definition) is 1. The van der Waals surface area contributed by atoms with Crippen LogP contribution in [0.25, 0.3) is 0 Å². The molecule has 3 atom stereocenters. The fraction of sp³-hybridized carbons (Fsp3) is 0.438. The summed E-state index contributed by atoms with van der Waals surface area (Å²) in [4.78, 5) is 0. The van der Waals surface area contributed by atoms with Gasteiger partial charge in [-0.3, -0.25) is 0 Å². The Morgan fingerprint density at radius 3 is 2.26 bits per heavy atom. The molecule has 0 N–H and O–H groups in total. The van der Waals surface area contributed by atoms with Crippen molar-refractivity contribution >= 4 is 22.5 Å². The first-order valence-electron chi connectivity index (χ1n) is 13.3. The van der Waals surface area contributed by atoms with Crippen LogP contribution in [0, 0.1) is 6.92 Å². The molecule has 3 unspecified atom stereocenters. The summed E-state index contributed by atoms with van der Waals surface area (Å²) in [5, 5.41) is 1.65. The topological polar surface area (TPSA) is 9.23 Å². The Balaban J connectivity index is 2.12. The smallest absolute Gasteiger partial charge is 0.127 e. The highest BCUT2D eigenvalue weighted by Crippen LogP contribution is 2.52. The predicted octanol–water partition coefficient (Wildman–Crippen LogP) is 9.31. The summed E-state index contributed by atoms with van der Waals surface area (Å²) in [6.45, 7) is 14.6. The molecule has 0 aliphatic heterocycles. The lowest BCUT2D eigenvalue weighted by Crippen LogP contribution is -2.25. The van der Waals surface area contributed by atoms with Crippen LogP contribution < -0.4 is 10.0 Å². The van der Waals surface area contributed by atoms with Crippen molar-refractivity contribution in [1.29, 1.82) is 0 Å². The van der Waals surface area contributed by atoms with Crippen LogP contribution in [0.2, 0.25) is 0 Å². The second-order valence-electron chi connectivity index (χ2n) is 9.74. The van der Waals surface area contributed by atoms with E-state index in [-0.39, 0.29) is 5.16 Å². The van der Waals surface area contributed by atoms with Gasteiger partial charge in [0.1, 0.15) is 12.4 Å². The number of benzene rings is 3. The van der Waals surface area contributed by atoms with Crippen LogP contribution in [0.1, 0.15) is 87.1 Å². The highest BCUT2D eigenvalue weighted by atomic mass is 31.1. The normalized spacial score (nSPS) is 13.2. The highest BCUT2D eigenvalue weighted by molar-refractivity contribution is 7.49. The second-order valence-corrected chi connectivity index (χ2v) is 12.5. The van der Waals surface area contributed by atoms with Crippen LogP contribution in [0.3, 0.4) is 0 Å². The Bertz CT molecular complexity index is 1060. The maximum absolute atomic E-state index is 6.78. The fourth-order valence-corrected chi connectivity index (χ4v) is 7.79. The van der Waals surface area contributed by atoms with E-state index in [2.05, 4.69) is 108 Å². The molecular formula is C32H44OP2. The largest absolute Gasteiger partial charge is 0.488 e. The van der Waals surface area contributed by atoms with Crippen LogP contribution in [0.4, 0.5) is 0 Å². The van der Waals surface area contributed by atoms with E-state index >= 15 is 0 Å².